The van der Waals surface area contributed by atoms with Gasteiger partial charge in [-0.3, -0.25) is 4.79 Å². The molecule has 0 radical (unpaired) electrons. The molecule has 0 amide bonds. The van der Waals surface area contributed by atoms with Crippen LogP contribution in [0.5, 0.6) is 5.75 Å². The summed E-state index contributed by atoms with van der Waals surface area (Å²) in [5, 5.41) is 40.4. The highest BCUT2D eigenvalue weighted by molar-refractivity contribution is 7.80. The standard InChI is InChI=1S/C43H45N3O8S/c47-32-16-19-35-38(26-32)54-39-27-33(48)17-20-36(39)41(35)34-18-15-31(25-37(34)42(51)52)46-43(55)44-22-9-7-5-3-1-2-4-6-8-10-23-53-45-28-30-13-11-12-29(24-30)14-21-40(49)50/h11-21,24-28,47H,1-10,22-23H2,(H,49,50)(H,51,52)(H2,44,46,55)/b21-14-,45-28+. The molecule has 3 aromatic carbocycles. The van der Waals surface area contributed by atoms with Gasteiger partial charge in [0.05, 0.1) is 11.8 Å². The highest BCUT2D eigenvalue weighted by Crippen LogP contribution is 2.42. The topological polar surface area (TPSA) is 171 Å². The molecule has 12 heteroatoms. The van der Waals surface area contributed by atoms with Crippen LogP contribution in [0.3, 0.4) is 0 Å². The Hall–Kier alpha value is -6.01. The van der Waals surface area contributed by atoms with E-state index in [1.807, 2.05) is 24.3 Å². The maximum absolute atomic E-state index is 12.5. The molecule has 0 unspecified atom stereocenters. The molecule has 0 fully saturated rings. The predicted molar refractivity (Wildman–Crippen MR) is 220 cm³/mol. The Morgan fingerprint density at radius 2 is 1.51 bits per heavy atom. The van der Waals surface area contributed by atoms with Crippen LogP contribution in [0.4, 0.5) is 5.69 Å². The number of oxime groups is 1. The number of fused-ring (bicyclic) bond motifs is 2. The van der Waals surface area contributed by atoms with Crippen molar-refractivity contribution in [3.63, 3.8) is 0 Å². The van der Waals surface area contributed by atoms with Crippen LogP contribution < -0.4 is 16.1 Å². The Morgan fingerprint density at radius 3 is 2.25 bits per heavy atom. The number of phenols is 1. The number of unbranched alkanes of at least 4 members (excludes halogenated alkanes) is 9. The summed E-state index contributed by atoms with van der Waals surface area (Å²) >= 11 is 5.49. The number of aromatic hydroxyl groups is 1. The molecule has 5 rings (SSSR count). The first-order valence-corrected chi connectivity index (χ1v) is 18.9. The Bertz CT molecular complexity index is 2200. The second-order valence-electron chi connectivity index (χ2n) is 13.2. The molecule has 1 aliphatic heterocycles. The van der Waals surface area contributed by atoms with Gasteiger partial charge in [0.2, 0.25) is 0 Å². The van der Waals surface area contributed by atoms with E-state index < -0.39 is 11.9 Å². The maximum atomic E-state index is 12.5. The summed E-state index contributed by atoms with van der Waals surface area (Å²) in [6.45, 7) is 1.27. The summed E-state index contributed by atoms with van der Waals surface area (Å²) in [5.74, 6) is -1.83. The van der Waals surface area contributed by atoms with E-state index in [0.717, 1.165) is 49.3 Å². The third kappa shape index (κ3) is 12.3. The number of anilines is 1. The molecule has 0 bridgehead atoms. The lowest BCUT2D eigenvalue weighted by molar-refractivity contribution is -0.131. The minimum atomic E-state index is -1.12. The number of aliphatic carboxylic acids is 1. The van der Waals surface area contributed by atoms with Gasteiger partial charge in [0, 0.05) is 47.0 Å². The Balaban J connectivity index is 0.960. The van der Waals surface area contributed by atoms with E-state index in [1.165, 1.54) is 68.5 Å². The zero-order valence-corrected chi connectivity index (χ0v) is 31.3. The zero-order chi connectivity index (χ0) is 39.0. The van der Waals surface area contributed by atoms with Gasteiger partial charge in [0.15, 0.2) is 10.5 Å². The van der Waals surface area contributed by atoms with E-state index in [-0.39, 0.29) is 22.5 Å². The molecular weight excluding hydrogens is 719 g/mol. The summed E-state index contributed by atoms with van der Waals surface area (Å²) in [6, 6.07) is 21.4. The van der Waals surface area contributed by atoms with Crippen molar-refractivity contribution in [2.75, 3.05) is 18.5 Å². The van der Waals surface area contributed by atoms with Crippen molar-refractivity contribution >= 4 is 58.2 Å². The van der Waals surface area contributed by atoms with Crippen LogP contribution in [0.25, 0.3) is 39.5 Å². The van der Waals surface area contributed by atoms with Crippen molar-refractivity contribution in [3.05, 3.63) is 112 Å². The Labute approximate surface area is 324 Å². The molecule has 1 aliphatic carbocycles. The van der Waals surface area contributed by atoms with Crippen molar-refractivity contribution in [2.24, 2.45) is 5.16 Å². The number of aromatic carboxylic acids is 1. The summed E-state index contributed by atoms with van der Waals surface area (Å²) in [5.41, 5.74) is 3.88. The fourth-order valence-electron chi connectivity index (χ4n) is 6.31. The smallest absolute Gasteiger partial charge is 0.336 e. The molecule has 55 heavy (non-hydrogen) atoms. The van der Waals surface area contributed by atoms with Gasteiger partial charge in [0.25, 0.3) is 0 Å². The molecule has 0 spiro atoms. The van der Waals surface area contributed by atoms with E-state index in [0.29, 0.717) is 51.6 Å². The van der Waals surface area contributed by atoms with Gasteiger partial charge >= 0.3 is 11.9 Å². The highest BCUT2D eigenvalue weighted by Gasteiger charge is 2.22. The number of rotatable bonds is 20. The van der Waals surface area contributed by atoms with E-state index in [2.05, 4.69) is 15.8 Å². The van der Waals surface area contributed by atoms with Crippen molar-refractivity contribution in [3.8, 4) is 28.2 Å². The van der Waals surface area contributed by atoms with Gasteiger partial charge in [-0.2, -0.15) is 0 Å². The van der Waals surface area contributed by atoms with E-state index in [1.54, 1.807) is 30.5 Å². The van der Waals surface area contributed by atoms with Gasteiger partial charge in [-0.1, -0.05) is 74.4 Å². The molecule has 5 N–H and O–H groups in total. The first-order chi connectivity index (χ1) is 26.7. The number of hydrogen-bond donors (Lipinski definition) is 5. The fourth-order valence-corrected chi connectivity index (χ4v) is 6.53. The number of carboxylic acid groups (broad SMARTS) is 2. The summed E-state index contributed by atoms with van der Waals surface area (Å²) in [7, 11) is 0. The third-order valence-electron chi connectivity index (χ3n) is 9.01. The first kappa shape index (κ1) is 40.2. The molecule has 2 aliphatic rings. The number of carbonyl (C=O) groups is 2. The molecule has 3 aromatic rings. The number of phenolic OH excluding ortho intramolecular Hbond substituents is 1. The van der Waals surface area contributed by atoms with Gasteiger partial charge in [-0.05, 0) is 96.7 Å². The fraction of sp³-hybridized carbons (Fsp3) is 0.279. The molecule has 0 atom stereocenters. The van der Waals surface area contributed by atoms with Crippen LogP contribution in [0.1, 0.15) is 85.7 Å². The lowest BCUT2D eigenvalue weighted by Gasteiger charge is -2.18. The number of nitrogens with zero attached hydrogens (tertiary/aromatic N) is 1. The van der Waals surface area contributed by atoms with Crippen LogP contribution in [0.15, 0.2) is 99.3 Å². The van der Waals surface area contributed by atoms with Crippen molar-refractivity contribution in [1.29, 1.82) is 0 Å². The predicted octanol–water partition coefficient (Wildman–Crippen LogP) is 9.30. The van der Waals surface area contributed by atoms with Crippen LogP contribution in [0, 0.1) is 0 Å². The van der Waals surface area contributed by atoms with Crippen LogP contribution in [-0.2, 0) is 9.63 Å². The second-order valence-corrected chi connectivity index (χ2v) is 13.6. The van der Waals surface area contributed by atoms with Crippen LogP contribution >= 0.6 is 12.2 Å². The number of carboxylic acids is 2. The summed E-state index contributed by atoms with van der Waals surface area (Å²) < 4.78 is 5.91. The van der Waals surface area contributed by atoms with E-state index in [4.69, 9.17) is 26.6 Å². The SMILES string of the molecule is O=C(O)/C=C\c1cccc(/C=N/OCCCCCCCCCCCCNC(=S)Nc2ccc(-c3c4ccc(=O)cc-4oc4cc(O)ccc34)c(C(=O)O)c2)c1. The lowest BCUT2D eigenvalue weighted by Crippen LogP contribution is -2.29. The Morgan fingerprint density at radius 1 is 0.800 bits per heavy atom. The highest BCUT2D eigenvalue weighted by atomic mass is 32.1. The monoisotopic (exact) mass is 763 g/mol. The number of thiocarbonyl (C=S) groups is 1. The largest absolute Gasteiger partial charge is 0.508 e. The lowest BCUT2D eigenvalue weighted by atomic mass is 9.90. The molecule has 11 nitrogen and oxygen atoms in total. The third-order valence-corrected chi connectivity index (χ3v) is 9.25. The minimum Gasteiger partial charge on any atom is -0.508 e. The van der Waals surface area contributed by atoms with Crippen molar-refractivity contribution in [2.45, 2.75) is 64.2 Å². The molecule has 0 saturated heterocycles. The average Bonchev–Trinajstić information content (AvgIpc) is 3.16. The average molecular weight is 764 g/mol. The zero-order valence-electron chi connectivity index (χ0n) is 30.5. The molecule has 0 aromatic heterocycles. The van der Waals surface area contributed by atoms with Gasteiger partial charge in [-0.25, -0.2) is 9.59 Å². The molecule has 0 saturated carbocycles. The minimum absolute atomic E-state index is 0.0135. The number of benzene rings is 4. The van der Waals surface area contributed by atoms with Crippen molar-refractivity contribution in [1.82, 2.24) is 5.32 Å². The van der Waals surface area contributed by atoms with Crippen LogP contribution in [0.2, 0.25) is 0 Å². The quantitative estimate of drug-likeness (QED) is 0.0128. The van der Waals surface area contributed by atoms with Gasteiger partial charge in [-0.15, -0.1) is 0 Å². The molecule has 1 heterocycles. The summed E-state index contributed by atoms with van der Waals surface area (Å²) in [6.07, 6.45) is 15.5. The Kier molecular flexibility index (Phi) is 14.9. The van der Waals surface area contributed by atoms with E-state index >= 15 is 0 Å². The first-order valence-electron chi connectivity index (χ1n) is 18.5. The van der Waals surface area contributed by atoms with Crippen LogP contribution in [-0.4, -0.2) is 51.7 Å². The molecule has 286 valence electrons. The molecular formula is C43H45N3O8S. The number of nitrogens with one attached hydrogen (secondary N) is 2. The van der Waals surface area contributed by atoms with Gasteiger partial charge < -0.3 is 35.2 Å². The van der Waals surface area contributed by atoms with E-state index in [9.17, 15) is 24.6 Å². The van der Waals surface area contributed by atoms with Gasteiger partial charge in [0.1, 0.15) is 23.7 Å². The normalized spacial score (nSPS) is 11.4. The summed E-state index contributed by atoms with van der Waals surface area (Å²) in [4.78, 5) is 40.6. The number of hydrogen-bond acceptors (Lipinski definition) is 8. The second kappa shape index (κ2) is 20.4. The van der Waals surface area contributed by atoms with Crippen molar-refractivity contribution < 1.29 is 34.2 Å². The maximum Gasteiger partial charge on any atom is 0.336 e.